The van der Waals surface area contributed by atoms with Crippen LogP contribution < -0.4 is 5.32 Å². The van der Waals surface area contributed by atoms with Crippen molar-refractivity contribution in [3.8, 4) is 0 Å². The first-order chi connectivity index (χ1) is 8.36. The van der Waals surface area contributed by atoms with Gasteiger partial charge in [-0.3, -0.25) is 0 Å². The van der Waals surface area contributed by atoms with Crippen LogP contribution in [-0.4, -0.2) is 18.3 Å². The number of aliphatic hydroxyl groups is 1. The molecule has 2 nitrogen and oxygen atoms in total. The third-order valence-electron chi connectivity index (χ3n) is 2.91. The summed E-state index contributed by atoms with van der Waals surface area (Å²) in [6, 6.07) is 8.74. The van der Waals surface area contributed by atoms with Gasteiger partial charge in [-0.2, -0.15) is 0 Å². The first-order valence-corrected chi connectivity index (χ1v) is 6.80. The van der Waals surface area contributed by atoms with Crippen molar-refractivity contribution in [2.45, 2.75) is 45.4 Å². The molecular weight excluding hydrogens is 210 g/mol. The Balaban J connectivity index is 2.14. The summed E-state index contributed by atoms with van der Waals surface area (Å²) in [7, 11) is 0. The third-order valence-corrected chi connectivity index (χ3v) is 2.91. The van der Waals surface area contributed by atoms with Gasteiger partial charge in [-0.1, -0.05) is 38.3 Å². The van der Waals surface area contributed by atoms with Crippen LogP contribution in [-0.2, 0) is 6.42 Å². The number of nitrogens with one attached hydrogen (secondary N) is 1. The maximum absolute atomic E-state index is 8.65. The first-order valence-electron chi connectivity index (χ1n) is 6.80. The molecule has 0 amide bonds. The van der Waals surface area contributed by atoms with Crippen molar-refractivity contribution in [3.63, 3.8) is 0 Å². The fourth-order valence-corrected chi connectivity index (χ4v) is 1.90. The number of anilines is 1. The molecule has 0 aromatic heterocycles. The molecule has 0 fully saturated rings. The predicted molar refractivity (Wildman–Crippen MR) is 74.5 cm³/mol. The molecule has 0 radical (unpaired) electrons. The van der Waals surface area contributed by atoms with Gasteiger partial charge in [0.15, 0.2) is 0 Å². The van der Waals surface area contributed by atoms with Gasteiger partial charge >= 0.3 is 0 Å². The summed E-state index contributed by atoms with van der Waals surface area (Å²) in [4.78, 5) is 0. The number of unbranched alkanes of at least 4 members (excludes halogenated alkanes) is 3. The number of aliphatic hydroxyl groups excluding tert-OH is 1. The van der Waals surface area contributed by atoms with Crippen LogP contribution in [0, 0.1) is 0 Å². The Morgan fingerprint density at radius 3 is 2.35 bits per heavy atom. The molecule has 1 rings (SSSR count). The van der Waals surface area contributed by atoms with Gasteiger partial charge in [0.1, 0.15) is 0 Å². The summed E-state index contributed by atoms with van der Waals surface area (Å²) in [5.41, 5.74) is 2.63. The van der Waals surface area contributed by atoms with Crippen LogP contribution in [0.2, 0.25) is 0 Å². The van der Waals surface area contributed by atoms with Gasteiger partial charge in [-0.05, 0) is 37.0 Å². The molecule has 0 saturated heterocycles. The molecule has 0 aliphatic carbocycles. The van der Waals surface area contributed by atoms with E-state index in [1.807, 2.05) is 0 Å². The van der Waals surface area contributed by atoms with Crippen LogP contribution in [0.5, 0.6) is 0 Å². The lowest BCUT2D eigenvalue weighted by Gasteiger charge is -2.07. The zero-order valence-corrected chi connectivity index (χ0v) is 10.9. The Morgan fingerprint density at radius 2 is 1.71 bits per heavy atom. The maximum atomic E-state index is 8.65. The van der Waals surface area contributed by atoms with E-state index in [9.17, 15) is 0 Å². The lowest BCUT2D eigenvalue weighted by molar-refractivity contribution is 0.283. The largest absolute Gasteiger partial charge is 0.396 e. The van der Waals surface area contributed by atoms with Crippen LogP contribution in [0.15, 0.2) is 24.3 Å². The minimum absolute atomic E-state index is 0.326. The van der Waals surface area contributed by atoms with E-state index in [2.05, 4.69) is 36.5 Å². The fourth-order valence-electron chi connectivity index (χ4n) is 1.90. The fraction of sp³-hybridized carbons (Fsp3) is 0.600. The molecule has 0 saturated carbocycles. The number of rotatable bonds is 9. The average molecular weight is 235 g/mol. The van der Waals surface area contributed by atoms with Crippen molar-refractivity contribution in [1.29, 1.82) is 0 Å². The highest BCUT2D eigenvalue weighted by Gasteiger charge is 1.94. The van der Waals surface area contributed by atoms with Crippen LogP contribution in [0.3, 0.4) is 0 Å². The molecule has 1 aromatic rings. The topological polar surface area (TPSA) is 32.3 Å². The van der Waals surface area contributed by atoms with Crippen LogP contribution in [0.4, 0.5) is 5.69 Å². The number of hydrogen-bond acceptors (Lipinski definition) is 2. The second-order valence-corrected chi connectivity index (χ2v) is 4.51. The maximum Gasteiger partial charge on any atom is 0.0431 e. The predicted octanol–water partition coefficient (Wildman–Crippen LogP) is 3.60. The van der Waals surface area contributed by atoms with Gasteiger partial charge in [0.05, 0.1) is 0 Å². The average Bonchev–Trinajstić information content (AvgIpc) is 2.36. The van der Waals surface area contributed by atoms with Crippen molar-refractivity contribution in [3.05, 3.63) is 29.8 Å². The van der Waals surface area contributed by atoms with E-state index >= 15 is 0 Å². The van der Waals surface area contributed by atoms with Gasteiger partial charge in [-0.25, -0.2) is 0 Å². The summed E-state index contributed by atoms with van der Waals surface area (Å²) in [5.74, 6) is 0. The molecule has 17 heavy (non-hydrogen) atoms. The Bertz CT molecular complexity index is 281. The van der Waals surface area contributed by atoms with Gasteiger partial charge in [-0.15, -0.1) is 0 Å². The van der Waals surface area contributed by atoms with Gasteiger partial charge < -0.3 is 10.4 Å². The quantitative estimate of drug-likeness (QED) is 0.641. The molecule has 0 unspecified atom stereocenters. The zero-order chi connectivity index (χ0) is 12.3. The second kappa shape index (κ2) is 9.06. The highest BCUT2D eigenvalue weighted by molar-refractivity contribution is 5.44. The number of benzene rings is 1. The molecule has 0 spiro atoms. The summed E-state index contributed by atoms with van der Waals surface area (Å²) in [5, 5.41) is 12.1. The Hall–Kier alpha value is -1.02. The molecule has 0 atom stereocenters. The van der Waals surface area contributed by atoms with Gasteiger partial charge in [0, 0.05) is 18.8 Å². The van der Waals surface area contributed by atoms with E-state index in [-0.39, 0.29) is 0 Å². The van der Waals surface area contributed by atoms with E-state index in [0.717, 1.165) is 19.4 Å². The standard InChI is InChI=1S/C15H25NO/c1-2-7-14-8-10-15(11-9-14)16-12-5-3-4-6-13-17/h8-11,16-17H,2-7,12-13H2,1H3. The Morgan fingerprint density at radius 1 is 1.00 bits per heavy atom. The Labute approximate surface area is 105 Å². The molecule has 2 heteroatoms. The molecule has 2 N–H and O–H groups in total. The van der Waals surface area contributed by atoms with Crippen LogP contribution >= 0.6 is 0 Å². The minimum atomic E-state index is 0.326. The lowest BCUT2D eigenvalue weighted by atomic mass is 10.1. The van der Waals surface area contributed by atoms with Crippen LogP contribution in [0.25, 0.3) is 0 Å². The van der Waals surface area contributed by atoms with E-state index in [1.165, 1.54) is 36.9 Å². The molecule has 0 aliphatic heterocycles. The first kappa shape index (κ1) is 14.0. The smallest absolute Gasteiger partial charge is 0.0431 e. The SMILES string of the molecule is CCCc1ccc(NCCCCCCO)cc1. The van der Waals surface area contributed by atoms with Crippen LogP contribution in [0.1, 0.15) is 44.6 Å². The highest BCUT2D eigenvalue weighted by Crippen LogP contribution is 2.11. The van der Waals surface area contributed by atoms with E-state index in [0.29, 0.717) is 6.61 Å². The lowest BCUT2D eigenvalue weighted by Crippen LogP contribution is -2.01. The van der Waals surface area contributed by atoms with Crippen molar-refractivity contribution < 1.29 is 5.11 Å². The van der Waals surface area contributed by atoms with Gasteiger partial charge in [0.25, 0.3) is 0 Å². The van der Waals surface area contributed by atoms with Crippen molar-refractivity contribution in [2.75, 3.05) is 18.5 Å². The monoisotopic (exact) mass is 235 g/mol. The van der Waals surface area contributed by atoms with Crippen molar-refractivity contribution >= 4 is 5.69 Å². The molecule has 0 aliphatic rings. The summed E-state index contributed by atoms with van der Waals surface area (Å²) >= 11 is 0. The summed E-state index contributed by atoms with van der Waals surface area (Å²) in [6.07, 6.45) is 6.82. The summed E-state index contributed by atoms with van der Waals surface area (Å²) < 4.78 is 0. The molecular formula is C15H25NO. The third kappa shape index (κ3) is 6.32. The van der Waals surface area contributed by atoms with Crippen molar-refractivity contribution in [1.82, 2.24) is 0 Å². The normalized spacial score (nSPS) is 10.5. The number of aryl methyl sites for hydroxylation is 1. The molecule has 96 valence electrons. The van der Waals surface area contributed by atoms with E-state index in [1.54, 1.807) is 0 Å². The molecule has 0 bridgehead atoms. The minimum Gasteiger partial charge on any atom is -0.396 e. The number of hydrogen-bond donors (Lipinski definition) is 2. The highest BCUT2D eigenvalue weighted by atomic mass is 16.2. The zero-order valence-electron chi connectivity index (χ0n) is 10.9. The van der Waals surface area contributed by atoms with E-state index in [4.69, 9.17) is 5.11 Å². The second-order valence-electron chi connectivity index (χ2n) is 4.51. The molecule has 0 heterocycles. The van der Waals surface area contributed by atoms with E-state index < -0.39 is 0 Å². The molecule has 1 aromatic carbocycles. The van der Waals surface area contributed by atoms with Gasteiger partial charge in [0.2, 0.25) is 0 Å². The Kier molecular flexibility index (Phi) is 7.48. The summed E-state index contributed by atoms with van der Waals surface area (Å²) in [6.45, 7) is 3.56. The van der Waals surface area contributed by atoms with Crippen molar-refractivity contribution in [2.24, 2.45) is 0 Å².